The number of aromatic nitrogens is 2. The lowest BCUT2D eigenvalue weighted by Gasteiger charge is -2.26. The third-order valence-electron chi connectivity index (χ3n) is 4.14. The van der Waals surface area contributed by atoms with Gasteiger partial charge in [0.1, 0.15) is 0 Å². The summed E-state index contributed by atoms with van der Waals surface area (Å²) in [5, 5.41) is 14.1. The molecule has 4 nitrogen and oxygen atoms in total. The van der Waals surface area contributed by atoms with Gasteiger partial charge in [-0.2, -0.15) is 4.98 Å². The van der Waals surface area contributed by atoms with E-state index in [1.54, 1.807) is 0 Å². The molecule has 2 unspecified atom stereocenters. The van der Waals surface area contributed by atoms with Crippen LogP contribution in [0.4, 0.5) is 0 Å². The SMILES string of the molecule is Cc1ccc(-c2noc(CC3CCCCC3O)n2)c(Br)c1. The topological polar surface area (TPSA) is 59.2 Å². The molecule has 1 aromatic heterocycles. The molecule has 1 aliphatic carbocycles. The average molecular weight is 351 g/mol. The third kappa shape index (κ3) is 3.35. The lowest BCUT2D eigenvalue weighted by atomic mass is 9.84. The number of aliphatic hydroxyl groups excluding tert-OH is 1. The molecule has 3 rings (SSSR count). The van der Waals surface area contributed by atoms with Crippen molar-refractivity contribution in [3.8, 4) is 11.4 Å². The smallest absolute Gasteiger partial charge is 0.227 e. The van der Waals surface area contributed by atoms with E-state index in [2.05, 4.69) is 26.1 Å². The van der Waals surface area contributed by atoms with Gasteiger partial charge >= 0.3 is 0 Å². The summed E-state index contributed by atoms with van der Waals surface area (Å²) in [6.07, 6.45) is 4.63. The van der Waals surface area contributed by atoms with Crippen LogP contribution in [0.15, 0.2) is 27.2 Å². The van der Waals surface area contributed by atoms with E-state index in [1.807, 2.05) is 25.1 Å². The van der Waals surface area contributed by atoms with Crippen LogP contribution >= 0.6 is 15.9 Å². The Morgan fingerprint density at radius 2 is 2.14 bits per heavy atom. The maximum Gasteiger partial charge on any atom is 0.227 e. The number of aliphatic hydroxyl groups is 1. The third-order valence-corrected chi connectivity index (χ3v) is 4.80. The summed E-state index contributed by atoms with van der Waals surface area (Å²) in [6.45, 7) is 2.04. The summed E-state index contributed by atoms with van der Waals surface area (Å²) in [6, 6.07) is 6.06. The zero-order chi connectivity index (χ0) is 14.8. The molecule has 0 bridgehead atoms. The second kappa shape index (κ2) is 6.28. The van der Waals surface area contributed by atoms with Gasteiger partial charge in [-0.05, 0) is 43.4 Å². The molecule has 21 heavy (non-hydrogen) atoms. The molecular weight excluding hydrogens is 332 g/mol. The van der Waals surface area contributed by atoms with Crippen molar-refractivity contribution in [3.05, 3.63) is 34.1 Å². The molecule has 0 aliphatic heterocycles. The van der Waals surface area contributed by atoms with Crippen LogP contribution in [0, 0.1) is 12.8 Å². The van der Waals surface area contributed by atoms with E-state index < -0.39 is 0 Å². The molecular formula is C16H19BrN2O2. The minimum atomic E-state index is -0.236. The van der Waals surface area contributed by atoms with Crippen LogP contribution in [0.1, 0.15) is 37.1 Å². The highest BCUT2D eigenvalue weighted by atomic mass is 79.9. The van der Waals surface area contributed by atoms with Crippen LogP contribution in [-0.4, -0.2) is 21.4 Å². The van der Waals surface area contributed by atoms with E-state index in [0.29, 0.717) is 18.1 Å². The van der Waals surface area contributed by atoms with Crippen molar-refractivity contribution in [2.24, 2.45) is 5.92 Å². The Balaban J connectivity index is 1.76. The van der Waals surface area contributed by atoms with Gasteiger partial charge in [0.15, 0.2) is 0 Å². The Bertz CT molecular complexity index is 626. The monoisotopic (exact) mass is 350 g/mol. The van der Waals surface area contributed by atoms with Gasteiger partial charge < -0.3 is 9.63 Å². The van der Waals surface area contributed by atoms with Crippen molar-refractivity contribution in [1.82, 2.24) is 10.1 Å². The predicted molar refractivity (Wildman–Crippen MR) is 83.8 cm³/mol. The predicted octanol–water partition coefficient (Wildman–Crippen LogP) is 3.90. The van der Waals surface area contributed by atoms with E-state index >= 15 is 0 Å². The van der Waals surface area contributed by atoms with Crippen molar-refractivity contribution in [2.45, 2.75) is 45.1 Å². The molecule has 0 spiro atoms. The molecule has 2 atom stereocenters. The van der Waals surface area contributed by atoms with Gasteiger partial charge in [-0.3, -0.25) is 0 Å². The molecule has 1 heterocycles. The van der Waals surface area contributed by atoms with Gasteiger partial charge in [-0.15, -0.1) is 0 Å². The highest BCUT2D eigenvalue weighted by Gasteiger charge is 2.25. The fourth-order valence-corrected chi connectivity index (χ4v) is 3.57. The van der Waals surface area contributed by atoms with Crippen LogP contribution in [-0.2, 0) is 6.42 Å². The molecule has 1 aliphatic rings. The first-order chi connectivity index (χ1) is 10.1. The number of nitrogens with zero attached hydrogens (tertiary/aromatic N) is 2. The van der Waals surface area contributed by atoms with Gasteiger partial charge in [0.05, 0.1) is 6.10 Å². The van der Waals surface area contributed by atoms with Gasteiger partial charge in [0.2, 0.25) is 11.7 Å². The Hall–Kier alpha value is -1.20. The van der Waals surface area contributed by atoms with Gasteiger partial charge in [-0.1, -0.05) is 40.0 Å². The highest BCUT2D eigenvalue weighted by molar-refractivity contribution is 9.10. The fourth-order valence-electron chi connectivity index (χ4n) is 2.90. The number of hydrogen-bond donors (Lipinski definition) is 1. The molecule has 0 radical (unpaired) electrons. The van der Waals surface area contributed by atoms with Crippen LogP contribution < -0.4 is 0 Å². The Morgan fingerprint density at radius 1 is 1.33 bits per heavy atom. The second-order valence-electron chi connectivity index (χ2n) is 5.81. The van der Waals surface area contributed by atoms with Crippen LogP contribution in [0.3, 0.4) is 0 Å². The van der Waals surface area contributed by atoms with E-state index in [1.165, 1.54) is 12.0 Å². The molecule has 1 saturated carbocycles. The van der Waals surface area contributed by atoms with E-state index in [9.17, 15) is 5.11 Å². The molecule has 2 aromatic rings. The highest BCUT2D eigenvalue weighted by Crippen LogP contribution is 2.29. The van der Waals surface area contributed by atoms with Crippen LogP contribution in [0.2, 0.25) is 0 Å². The van der Waals surface area contributed by atoms with E-state index in [-0.39, 0.29) is 12.0 Å². The summed E-state index contributed by atoms with van der Waals surface area (Å²) >= 11 is 3.54. The summed E-state index contributed by atoms with van der Waals surface area (Å²) < 4.78 is 6.33. The number of rotatable bonds is 3. The normalized spacial score (nSPS) is 22.4. The number of aryl methyl sites for hydroxylation is 1. The molecule has 0 amide bonds. The lowest BCUT2D eigenvalue weighted by molar-refractivity contribution is 0.0657. The molecule has 1 N–H and O–H groups in total. The molecule has 1 fully saturated rings. The zero-order valence-electron chi connectivity index (χ0n) is 12.1. The van der Waals surface area contributed by atoms with E-state index in [0.717, 1.165) is 29.3 Å². The quantitative estimate of drug-likeness (QED) is 0.911. The summed E-state index contributed by atoms with van der Waals surface area (Å²) in [5.41, 5.74) is 2.11. The number of hydrogen-bond acceptors (Lipinski definition) is 4. The standard InChI is InChI=1S/C16H19BrN2O2/c1-10-6-7-12(13(17)8-10)16-18-15(21-19-16)9-11-4-2-3-5-14(11)20/h6-8,11,14,20H,2-5,9H2,1H3. The maximum atomic E-state index is 10.0. The van der Waals surface area contributed by atoms with Crippen molar-refractivity contribution in [2.75, 3.05) is 0 Å². The van der Waals surface area contributed by atoms with Crippen molar-refractivity contribution < 1.29 is 9.63 Å². The first kappa shape index (κ1) is 14.7. The lowest BCUT2D eigenvalue weighted by Crippen LogP contribution is -2.26. The van der Waals surface area contributed by atoms with Crippen molar-refractivity contribution >= 4 is 15.9 Å². The first-order valence-electron chi connectivity index (χ1n) is 7.40. The maximum absolute atomic E-state index is 10.0. The Kier molecular flexibility index (Phi) is 4.40. The van der Waals surface area contributed by atoms with Gasteiger partial charge in [0.25, 0.3) is 0 Å². The summed E-state index contributed by atoms with van der Waals surface area (Å²) in [4.78, 5) is 4.48. The largest absolute Gasteiger partial charge is 0.393 e. The molecule has 1 aromatic carbocycles. The van der Waals surface area contributed by atoms with Crippen molar-refractivity contribution in [1.29, 1.82) is 0 Å². The number of halogens is 1. The minimum absolute atomic E-state index is 0.236. The zero-order valence-corrected chi connectivity index (χ0v) is 13.6. The molecule has 5 heteroatoms. The van der Waals surface area contributed by atoms with Crippen LogP contribution in [0.25, 0.3) is 11.4 Å². The Labute approximate surface area is 132 Å². The number of benzene rings is 1. The Morgan fingerprint density at radius 3 is 2.90 bits per heavy atom. The van der Waals surface area contributed by atoms with Crippen molar-refractivity contribution in [3.63, 3.8) is 0 Å². The second-order valence-corrected chi connectivity index (χ2v) is 6.67. The minimum Gasteiger partial charge on any atom is -0.393 e. The summed E-state index contributed by atoms with van der Waals surface area (Å²) in [5.74, 6) is 1.46. The fraction of sp³-hybridized carbons (Fsp3) is 0.500. The summed E-state index contributed by atoms with van der Waals surface area (Å²) in [7, 11) is 0. The van der Waals surface area contributed by atoms with Crippen LogP contribution in [0.5, 0.6) is 0 Å². The molecule has 0 saturated heterocycles. The van der Waals surface area contributed by atoms with E-state index in [4.69, 9.17) is 4.52 Å². The first-order valence-corrected chi connectivity index (χ1v) is 8.20. The van der Waals surface area contributed by atoms with Gasteiger partial charge in [0, 0.05) is 16.5 Å². The van der Waals surface area contributed by atoms with Gasteiger partial charge in [-0.25, -0.2) is 0 Å². The molecule has 112 valence electrons. The average Bonchev–Trinajstić information content (AvgIpc) is 2.90.